The molecule has 176 valence electrons. The molecule has 33 heavy (non-hydrogen) atoms. The molecular formula is C21H27N7O3S2. The van der Waals surface area contributed by atoms with Gasteiger partial charge >= 0.3 is 0 Å². The van der Waals surface area contributed by atoms with Crippen LogP contribution in [0.3, 0.4) is 0 Å². The minimum absolute atomic E-state index is 0.178. The number of nitrogens with one attached hydrogen (secondary N) is 2. The van der Waals surface area contributed by atoms with Crippen LogP contribution in [0.4, 0.5) is 16.9 Å². The molecule has 2 aliphatic rings. The molecule has 10 nitrogen and oxygen atoms in total. The van der Waals surface area contributed by atoms with E-state index in [4.69, 9.17) is 4.98 Å². The maximum Gasteiger partial charge on any atom is 0.225 e. The minimum Gasteiger partial charge on any atom is -0.393 e. The number of aliphatic hydroxyl groups excluding tert-OH is 1. The van der Waals surface area contributed by atoms with Crippen LogP contribution in [-0.2, 0) is 16.4 Å². The lowest BCUT2D eigenvalue weighted by atomic mass is 9.93. The number of fused-ring (bicyclic) bond motifs is 1. The molecule has 1 aliphatic heterocycles. The molecule has 1 aliphatic carbocycles. The van der Waals surface area contributed by atoms with Gasteiger partial charge in [-0.15, -0.1) is 0 Å². The van der Waals surface area contributed by atoms with Crippen molar-refractivity contribution in [3.63, 3.8) is 0 Å². The summed E-state index contributed by atoms with van der Waals surface area (Å²) in [6.45, 7) is 1.55. The van der Waals surface area contributed by atoms with E-state index in [1.54, 1.807) is 6.20 Å². The molecule has 0 unspecified atom stereocenters. The van der Waals surface area contributed by atoms with Crippen LogP contribution in [0.15, 0.2) is 24.4 Å². The number of rotatable bonds is 6. The number of anilines is 3. The number of hydrogen-bond donors (Lipinski definition) is 3. The van der Waals surface area contributed by atoms with E-state index in [0.29, 0.717) is 36.5 Å². The Bertz CT molecular complexity index is 1180. The largest absolute Gasteiger partial charge is 0.393 e. The van der Waals surface area contributed by atoms with Gasteiger partial charge < -0.3 is 15.7 Å². The average molecular weight is 490 g/mol. The molecule has 0 aromatic carbocycles. The van der Waals surface area contributed by atoms with Crippen molar-refractivity contribution in [1.82, 2.24) is 24.8 Å². The third-order valence-electron chi connectivity index (χ3n) is 6.03. The highest BCUT2D eigenvalue weighted by molar-refractivity contribution is 7.91. The van der Waals surface area contributed by atoms with E-state index in [2.05, 4.69) is 30.5 Å². The van der Waals surface area contributed by atoms with Crippen LogP contribution in [0, 0.1) is 0 Å². The third kappa shape index (κ3) is 5.75. The Labute approximate surface area is 196 Å². The second-order valence-electron chi connectivity index (χ2n) is 8.62. The van der Waals surface area contributed by atoms with Gasteiger partial charge in [0, 0.05) is 37.9 Å². The first kappa shape index (κ1) is 22.4. The first-order valence-electron chi connectivity index (χ1n) is 11.2. The van der Waals surface area contributed by atoms with Gasteiger partial charge in [-0.2, -0.15) is 4.98 Å². The number of aliphatic hydroxyl groups is 1. The first-order chi connectivity index (χ1) is 15.9. The Morgan fingerprint density at radius 1 is 1.12 bits per heavy atom. The molecule has 3 aromatic heterocycles. The monoisotopic (exact) mass is 489 g/mol. The minimum atomic E-state index is -2.93. The van der Waals surface area contributed by atoms with Crippen molar-refractivity contribution in [2.24, 2.45) is 0 Å². The summed E-state index contributed by atoms with van der Waals surface area (Å²) < 4.78 is 23.6. The van der Waals surface area contributed by atoms with Crippen LogP contribution in [0.2, 0.25) is 0 Å². The maximum atomic E-state index is 11.8. The van der Waals surface area contributed by atoms with Gasteiger partial charge in [0.05, 0.1) is 23.3 Å². The standard InChI is InChI=1S/C21H27N7O3S2/c29-16-5-3-14(4-6-16)23-20-24-15(13-28-8-10-33(30,31)11-9-28)12-18(26-20)27-21-25-17-2-1-7-22-19(17)32-21/h1-2,7,12,14,16,29H,3-6,8-11,13H2,(H2,23,24,25,26,27)/t14-,16-. The molecule has 0 amide bonds. The Morgan fingerprint density at radius 3 is 2.67 bits per heavy atom. The van der Waals surface area contributed by atoms with Gasteiger partial charge in [0.1, 0.15) is 16.2 Å². The molecule has 2 fully saturated rings. The van der Waals surface area contributed by atoms with Crippen molar-refractivity contribution in [3.8, 4) is 0 Å². The van der Waals surface area contributed by atoms with Crippen molar-refractivity contribution in [2.45, 2.75) is 44.4 Å². The smallest absolute Gasteiger partial charge is 0.225 e. The Morgan fingerprint density at radius 2 is 1.91 bits per heavy atom. The summed E-state index contributed by atoms with van der Waals surface area (Å²) in [4.78, 5) is 21.3. The van der Waals surface area contributed by atoms with E-state index >= 15 is 0 Å². The molecule has 12 heteroatoms. The Hall–Kier alpha value is -2.41. The number of thiazole rings is 1. The molecule has 5 rings (SSSR count). The number of pyridine rings is 1. The van der Waals surface area contributed by atoms with Gasteiger partial charge in [0.25, 0.3) is 0 Å². The third-order valence-corrected chi connectivity index (χ3v) is 8.54. The number of nitrogens with zero attached hydrogens (tertiary/aromatic N) is 5. The van der Waals surface area contributed by atoms with Gasteiger partial charge in [0.15, 0.2) is 15.0 Å². The number of sulfone groups is 1. The quantitative estimate of drug-likeness (QED) is 0.473. The average Bonchev–Trinajstić information content (AvgIpc) is 3.19. The lowest BCUT2D eigenvalue weighted by molar-refractivity contribution is 0.126. The van der Waals surface area contributed by atoms with Crippen molar-refractivity contribution in [1.29, 1.82) is 0 Å². The van der Waals surface area contributed by atoms with Crippen molar-refractivity contribution in [3.05, 3.63) is 30.1 Å². The molecular weight excluding hydrogens is 462 g/mol. The van der Waals surface area contributed by atoms with Crippen LogP contribution >= 0.6 is 11.3 Å². The van der Waals surface area contributed by atoms with Crippen LogP contribution in [-0.4, -0.2) is 75.1 Å². The fourth-order valence-electron chi connectivity index (χ4n) is 4.18. The van der Waals surface area contributed by atoms with Crippen LogP contribution < -0.4 is 10.6 Å². The number of aromatic nitrogens is 4. The molecule has 1 saturated heterocycles. The SMILES string of the molecule is O=S1(=O)CCN(Cc2cc(Nc3nc4cccnc4s3)nc(N[C@H]3CC[C@H](O)CC3)n2)CC1. The molecule has 1 saturated carbocycles. The molecule has 3 N–H and O–H groups in total. The highest BCUT2D eigenvalue weighted by atomic mass is 32.2. The molecule has 0 radical (unpaired) electrons. The summed E-state index contributed by atoms with van der Waals surface area (Å²) in [6.07, 6.45) is 4.79. The fraction of sp³-hybridized carbons (Fsp3) is 0.524. The van der Waals surface area contributed by atoms with Crippen LogP contribution in [0.5, 0.6) is 0 Å². The van der Waals surface area contributed by atoms with E-state index in [-0.39, 0.29) is 23.7 Å². The van der Waals surface area contributed by atoms with Gasteiger partial charge in [-0.1, -0.05) is 11.3 Å². The summed E-state index contributed by atoms with van der Waals surface area (Å²) in [6, 6.07) is 5.88. The van der Waals surface area contributed by atoms with Gasteiger partial charge in [-0.3, -0.25) is 4.90 Å². The molecule has 4 heterocycles. The second kappa shape index (κ2) is 9.45. The van der Waals surface area contributed by atoms with Gasteiger partial charge in [-0.25, -0.2) is 23.4 Å². The maximum absolute atomic E-state index is 11.8. The highest BCUT2D eigenvalue weighted by Gasteiger charge is 2.23. The van der Waals surface area contributed by atoms with Crippen molar-refractivity contribution >= 4 is 48.4 Å². The second-order valence-corrected chi connectivity index (χ2v) is 11.9. The summed E-state index contributed by atoms with van der Waals surface area (Å²) in [5, 5.41) is 17.2. The molecule has 0 spiro atoms. The predicted molar refractivity (Wildman–Crippen MR) is 129 cm³/mol. The first-order valence-corrected chi connectivity index (χ1v) is 13.8. The Kier molecular flexibility index (Phi) is 6.41. The molecule has 0 atom stereocenters. The van der Waals surface area contributed by atoms with Gasteiger partial charge in [-0.05, 0) is 37.8 Å². The summed E-state index contributed by atoms with van der Waals surface area (Å²) in [5.41, 5.74) is 1.64. The number of hydrogen-bond acceptors (Lipinski definition) is 11. The van der Waals surface area contributed by atoms with E-state index in [1.807, 2.05) is 18.2 Å². The van der Waals surface area contributed by atoms with E-state index < -0.39 is 9.84 Å². The zero-order valence-corrected chi connectivity index (χ0v) is 19.8. The van der Waals surface area contributed by atoms with E-state index in [9.17, 15) is 13.5 Å². The fourth-order valence-corrected chi connectivity index (χ4v) is 6.27. The Balaban J connectivity index is 1.37. The van der Waals surface area contributed by atoms with E-state index in [0.717, 1.165) is 41.7 Å². The topological polar surface area (TPSA) is 133 Å². The highest BCUT2D eigenvalue weighted by Crippen LogP contribution is 2.27. The lowest BCUT2D eigenvalue weighted by Crippen LogP contribution is -2.39. The zero-order chi connectivity index (χ0) is 22.8. The van der Waals surface area contributed by atoms with Crippen LogP contribution in [0.25, 0.3) is 10.3 Å². The summed E-state index contributed by atoms with van der Waals surface area (Å²) >= 11 is 1.46. The zero-order valence-electron chi connectivity index (χ0n) is 18.1. The van der Waals surface area contributed by atoms with Crippen molar-refractivity contribution < 1.29 is 13.5 Å². The molecule has 0 bridgehead atoms. The normalized spacial score (nSPS) is 23.4. The van der Waals surface area contributed by atoms with Gasteiger partial charge in [0.2, 0.25) is 5.95 Å². The van der Waals surface area contributed by atoms with Crippen molar-refractivity contribution in [2.75, 3.05) is 35.2 Å². The summed E-state index contributed by atoms with van der Waals surface area (Å²) in [7, 11) is -2.93. The summed E-state index contributed by atoms with van der Waals surface area (Å²) in [5.74, 6) is 1.51. The predicted octanol–water partition coefficient (Wildman–Crippen LogP) is 2.17. The lowest BCUT2D eigenvalue weighted by Gasteiger charge is -2.27. The van der Waals surface area contributed by atoms with Crippen LogP contribution in [0.1, 0.15) is 31.4 Å². The molecule has 3 aromatic rings. The van der Waals surface area contributed by atoms with E-state index in [1.165, 1.54) is 11.3 Å².